The maximum Gasteiger partial charge on any atom is 0.243 e. The van der Waals surface area contributed by atoms with Gasteiger partial charge in [-0.2, -0.15) is 0 Å². The SMILES string of the molecule is CC[C@@H](C)NC(=O)[C@H](Cc1ccccc1)N(Cc1ccc(Cl)c(Cl)c1)C(=O)CCSc1ccccc1. The number of halogens is 2. The van der Waals surface area contributed by atoms with Crippen LogP contribution in [0.1, 0.15) is 37.8 Å². The van der Waals surface area contributed by atoms with Crippen molar-refractivity contribution in [1.82, 2.24) is 10.2 Å². The number of carbonyl (C=O) groups is 2. The Morgan fingerprint density at radius 1 is 0.917 bits per heavy atom. The van der Waals surface area contributed by atoms with E-state index in [9.17, 15) is 9.59 Å². The van der Waals surface area contributed by atoms with Gasteiger partial charge in [0.15, 0.2) is 0 Å². The van der Waals surface area contributed by atoms with Gasteiger partial charge in [0.1, 0.15) is 6.04 Å². The summed E-state index contributed by atoms with van der Waals surface area (Å²) in [4.78, 5) is 30.0. The molecule has 3 rings (SSSR count). The number of benzene rings is 3. The lowest BCUT2D eigenvalue weighted by molar-refractivity contribution is -0.141. The zero-order valence-electron chi connectivity index (χ0n) is 20.6. The molecule has 36 heavy (non-hydrogen) atoms. The minimum absolute atomic E-state index is 0.00587. The monoisotopic (exact) mass is 542 g/mol. The average molecular weight is 544 g/mol. The average Bonchev–Trinajstić information content (AvgIpc) is 2.89. The molecule has 0 aromatic heterocycles. The van der Waals surface area contributed by atoms with Gasteiger partial charge in [0.2, 0.25) is 11.8 Å². The molecule has 0 saturated heterocycles. The highest BCUT2D eigenvalue weighted by Crippen LogP contribution is 2.25. The molecular weight excluding hydrogens is 511 g/mol. The number of hydrogen-bond donors (Lipinski definition) is 1. The third-order valence-corrected chi connectivity index (χ3v) is 7.69. The molecule has 7 heteroatoms. The standard InChI is InChI=1S/C29H32Cl2N2O2S/c1-3-21(2)32-29(35)27(19-22-10-6-4-7-11-22)33(20-23-14-15-25(30)26(31)18-23)28(34)16-17-36-24-12-8-5-9-13-24/h4-15,18,21,27H,3,16-17,19-20H2,1-2H3,(H,32,35)/t21-,27+/m1/s1. The lowest BCUT2D eigenvalue weighted by atomic mass is 10.0. The fraction of sp³-hybridized carbons (Fsp3) is 0.310. The summed E-state index contributed by atoms with van der Waals surface area (Å²) in [5.74, 6) is 0.383. The van der Waals surface area contributed by atoms with Crippen molar-refractivity contribution in [3.63, 3.8) is 0 Å². The second kappa shape index (κ2) is 14.3. The zero-order valence-corrected chi connectivity index (χ0v) is 23.0. The third kappa shape index (κ3) is 8.58. The quantitative estimate of drug-likeness (QED) is 0.250. The lowest BCUT2D eigenvalue weighted by Gasteiger charge is -2.32. The molecule has 0 heterocycles. The first-order valence-corrected chi connectivity index (χ1v) is 13.9. The Hall–Kier alpha value is -2.47. The van der Waals surface area contributed by atoms with Crippen LogP contribution in [0, 0.1) is 0 Å². The van der Waals surface area contributed by atoms with E-state index < -0.39 is 6.04 Å². The van der Waals surface area contributed by atoms with Crippen LogP contribution in [0.3, 0.4) is 0 Å². The van der Waals surface area contributed by atoms with E-state index in [2.05, 4.69) is 5.32 Å². The van der Waals surface area contributed by atoms with E-state index in [1.54, 1.807) is 28.8 Å². The summed E-state index contributed by atoms with van der Waals surface area (Å²) >= 11 is 14.0. The highest BCUT2D eigenvalue weighted by Gasteiger charge is 2.30. The van der Waals surface area contributed by atoms with Gasteiger partial charge in [-0.3, -0.25) is 9.59 Å². The van der Waals surface area contributed by atoms with Crippen molar-refractivity contribution in [2.45, 2.75) is 56.6 Å². The summed E-state index contributed by atoms with van der Waals surface area (Å²) in [6.07, 6.45) is 1.53. The zero-order chi connectivity index (χ0) is 25.9. The van der Waals surface area contributed by atoms with Gasteiger partial charge in [0, 0.05) is 36.1 Å². The van der Waals surface area contributed by atoms with Gasteiger partial charge in [-0.15, -0.1) is 11.8 Å². The normalized spacial score (nSPS) is 12.6. The van der Waals surface area contributed by atoms with Gasteiger partial charge in [0.05, 0.1) is 10.0 Å². The van der Waals surface area contributed by atoms with Crippen LogP contribution >= 0.6 is 35.0 Å². The van der Waals surface area contributed by atoms with Crippen LogP contribution < -0.4 is 5.32 Å². The number of nitrogens with zero attached hydrogens (tertiary/aromatic N) is 1. The first-order chi connectivity index (χ1) is 17.4. The highest BCUT2D eigenvalue weighted by molar-refractivity contribution is 7.99. The summed E-state index contributed by atoms with van der Waals surface area (Å²) < 4.78 is 0. The molecular formula is C29H32Cl2N2O2S. The largest absolute Gasteiger partial charge is 0.352 e. The lowest BCUT2D eigenvalue weighted by Crippen LogP contribution is -2.52. The second-order valence-corrected chi connectivity index (χ2v) is 10.7. The number of nitrogens with one attached hydrogen (secondary N) is 1. The summed E-state index contributed by atoms with van der Waals surface area (Å²) in [5, 5.41) is 3.96. The Morgan fingerprint density at radius 2 is 1.58 bits per heavy atom. The maximum atomic E-state index is 13.7. The predicted molar refractivity (Wildman–Crippen MR) is 151 cm³/mol. The third-order valence-electron chi connectivity index (χ3n) is 5.94. The minimum Gasteiger partial charge on any atom is -0.352 e. The summed E-state index contributed by atoms with van der Waals surface area (Å²) in [5.41, 5.74) is 1.82. The number of hydrogen-bond acceptors (Lipinski definition) is 3. The van der Waals surface area contributed by atoms with Gasteiger partial charge in [-0.25, -0.2) is 0 Å². The fourth-order valence-electron chi connectivity index (χ4n) is 3.75. The van der Waals surface area contributed by atoms with E-state index in [1.807, 2.05) is 80.6 Å². The molecule has 0 saturated carbocycles. The topological polar surface area (TPSA) is 49.4 Å². The Labute approximate surface area is 228 Å². The van der Waals surface area contributed by atoms with Gasteiger partial charge in [-0.1, -0.05) is 84.7 Å². The molecule has 4 nitrogen and oxygen atoms in total. The maximum absolute atomic E-state index is 13.7. The Morgan fingerprint density at radius 3 is 2.22 bits per heavy atom. The van der Waals surface area contributed by atoms with Crippen molar-refractivity contribution >= 4 is 46.8 Å². The van der Waals surface area contributed by atoms with Crippen LogP contribution in [0.25, 0.3) is 0 Å². The van der Waals surface area contributed by atoms with E-state index in [1.165, 1.54) is 0 Å². The van der Waals surface area contributed by atoms with Crippen LogP contribution in [-0.4, -0.2) is 34.6 Å². The molecule has 190 valence electrons. The Kier molecular flexibility index (Phi) is 11.2. The van der Waals surface area contributed by atoms with Crippen molar-refractivity contribution < 1.29 is 9.59 Å². The minimum atomic E-state index is -0.662. The number of rotatable bonds is 12. The van der Waals surface area contributed by atoms with Crippen molar-refractivity contribution in [2.24, 2.45) is 0 Å². The molecule has 0 aliphatic carbocycles. The molecule has 0 unspecified atom stereocenters. The van der Waals surface area contributed by atoms with Crippen molar-refractivity contribution in [3.05, 3.63) is 100 Å². The fourth-order valence-corrected chi connectivity index (χ4v) is 4.93. The summed E-state index contributed by atoms with van der Waals surface area (Å²) in [6.45, 7) is 4.26. The van der Waals surface area contributed by atoms with Crippen molar-refractivity contribution in [2.75, 3.05) is 5.75 Å². The van der Waals surface area contributed by atoms with Crippen LogP contribution in [0.15, 0.2) is 83.8 Å². The Balaban J connectivity index is 1.88. The smallest absolute Gasteiger partial charge is 0.243 e. The van der Waals surface area contributed by atoms with Crippen molar-refractivity contribution in [1.29, 1.82) is 0 Å². The van der Waals surface area contributed by atoms with Crippen LogP contribution in [0.2, 0.25) is 10.0 Å². The van der Waals surface area contributed by atoms with Crippen LogP contribution in [0.4, 0.5) is 0 Å². The number of thioether (sulfide) groups is 1. The summed E-state index contributed by atoms with van der Waals surface area (Å²) in [7, 11) is 0. The van der Waals surface area contributed by atoms with Gasteiger partial charge in [0.25, 0.3) is 0 Å². The molecule has 0 aliphatic heterocycles. The Bertz CT molecular complexity index is 1130. The molecule has 1 N–H and O–H groups in total. The molecule has 0 bridgehead atoms. The van der Waals surface area contributed by atoms with Crippen LogP contribution in [0.5, 0.6) is 0 Å². The van der Waals surface area contributed by atoms with E-state index in [4.69, 9.17) is 23.2 Å². The molecule has 0 fully saturated rings. The number of amides is 2. The van der Waals surface area contributed by atoms with E-state index in [0.717, 1.165) is 22.4 Å². The van der Waals surface area contributed by atoms with Crippen LogP contribution in [-0.2, 0) is 22.6 Å². The first-order valence-electron chi connectivity index (χ1n) is 12.1. The second-order valence-electron chi connectivity index (χ2n) is 8.71. The first kappa shape index (κ1) is 28.1. The van der Waals surface area contributed by atoms with E-state index >= 15 is 0 Å². The molecule has 0 aliphatic rings. The van der Waals surface area contributed by atoms with Gasteiger partial charge >= 0.3 is 0 Å². The molecule has 3 aromatic carbocycles. The molecule has 0 radical (unpaired) electrons. The highest BCUT2D eigenvalue weighted by atomic mass is 35.5. The van der Waals surface area contributed by atoms with Gasteiger partial charge < -0.3 is 10.2 Å². The molecule has 2 amide bonds. The molecule has 2 atom stereocenters. The number of carbonyl (C=O) groups excluding carboxylic acids is 2. The molecule has 0 spiro atoms. The van der Waals surface area contributed by atoms with Crippen molar-refractivity contribution in [3.8, 4) is 0 Å². The predicted octanol–water partition coefficient (Wildman–Crippen LogP) is 7.03. The van der Waals surface area contributed by atoms with E-state index in [0.29, 0.717) is 28.6 Å². The van der Waals surface area contributed by atoms with Gasteiger partial charge in [-0.05, 0) is 48.7 Å². The van der Waals surface area contributed by atoms with E-state index in [-0.39, 0.29) is 24.4 Å². The molecule has 3 aromatic rings. The summed E-state index contributed by atoms with van der Waals surface area (Å²) in [6, 6.07) is 24.5.